The Hall–Kier alpha value is -3.29. The van der Waals surface area contributed by atoms with Gasteiger partial charge in [0, 0.05) is 28.9 Å². The molecule has 0 saturated heterocycles. The maximum atomic E-state index is 13.1. The van der Waals surface area contributed by atoms with E-state index < -0.39 is 5.91 Å². The first-order chi connectivity index (χ1) is 14.9. The van der Waals surface area contributed by atoms with Crippen molar-refractivity contribution in [3.63, 3.8) is 0 Å². The first kappa shape index (κ1) is 21.0. The molecule has 2 aromatic heterocycles. The van der Waals surface area contributed by atoms with Gasteiger partial charge < -0.3 is 14.6 Å². The number of hydrogen-bond acceptors (Lipinski definition) is 4. The van der Waals surface area contributed by atoms with Crippen molar-refractivity contribution >= 4 is 45.8 Å². The molecule has 7 nitrogen and oxygen atoms in total. The lowest BCUT2D eigenvalue weighted by Gasteiger charge is -2.11. The Balaban J connectivity index is 1.65. The van der Waals surface area contributed by atoms with Crippen molar-refractivity contribution in [2.45, 2.75) is 6.54 Å². The van der Waals surface area contributed by atoms with E-state index in [-0.39, 0.29) is 12.1 Å². The van der Waals surface area contributed by atoms with Crippen LogP contribution in [0.4, 0.5) is 5.69 Å². The molecule has 158 valence electrons. The molecule has 0 spiro atoms. The van der Waals surface area contributed by atoms with Crippen molar-refractivity contribution in [2.24, 2.45) is 7.05 Å². The average Bonchev–Trinajstić information content (AvgIpc) is 3.08. The lowest BCUT2D eigenvalue weighted by atomic mass is 10.1. The molecular formula is C22H18Cl2N4O3. The maximum Gasteiger partial charge on any atom is 0.278 e. The molecule has 9 heteroatoms. The molecule has 2 heterocycles. The van der Waals surface area contributed by atoms with Crippen LogP contribution in [0.3, 0.4) is 0 Å². The quantitative estimate of drug-likeness (QED) is 0.483. The van der Waals surface area contributed by atoms with Crippen LogP contribution in [0.1, 0.15) is 0 Å². The summed E-state index contributed by atoms with van der Waals surface area (Å²) in [7, 11) is 3.26. The van der Waals surface area contributed by atoms with Gasteiger partial charge in [0.15, 0.2) is 0 Å². The van der Waals surface area contributed by atoms with Gasteiger partial charge in [-0.15, -0.1) is 0 Å². The number of ether oxygens (including phenoxy) is 1. The molecule has 0 bridgehead atoms. The second kappa shape index (κ2) is 8.45. The van der Waals surface area contributed by atoms with Gasteiger partial charge in [-0.1, -0.05) is 35.3 Å². The molecule has 0 aliphatic heterocycles. The predicted octanol–water partition coefficient (Wildman–Crippen LogP) is 4.36. The van der Waals surface area contributed by atoms with Gasteiger partial charge in [0.2, 0.25) is 5.91 Å². The minimum absolute atomic E-state index is 0.209. The van der Waals surface area contributed by atoms with Gasteiger partial charge in [-0.2, -0.15) is 0 Å². The van der Waals surface area contributed by atoms with Crippen LogP contribution in [0.15, 0.2) is 59.8 Å². The van der Waals surface area contributed by atoms with Gasteiger partial charge in [0.1, 0.15) is 23.3 Å². The summed E-state index contributed by atoms with van der Waals surface area (Å²) in [5, 5.41) is 3.80. The molecule has 0 aliphatic rings. The highest BCUT2D eigenvalue weighted by atomic mass is 35.5. The number of methoxy groups -OCH3 is 1. The first-order valence-corrected chi connectivity index (χ1v) is 10.1. The Labute approximate surface area is 187 Å². The Bertz CT molecular complexity index is 1340. The van der Waals surface area contributed by atoms with Crippen LogP contribution in [-0.4, -0.2) is 27.1 Å². The second-order valence-electron chi connectivity index (χ2n) is 6.93. The molecule has 4 aromatic rings. The van der Waals surface area contributed by atoms with E-state index in [0.717, 1.165) is 11.1 Å². The minimum Gasteiger partial charge on any atom is -0.495 e. The molecular weight excluding hydrogens is 439 g/mol. The van der Waals surface area contributed by atoms with Gasteiger partial charge in [0.25, 0.3) is 5.56 Å². The third kappa shape index (κ3) is 4.15. The van der Waals surface area contributed by atoms with E-state index >= 15 is 0 Å². The van der Waals surface area contributed by atoms with Crippen LogP contribution >= 0.6 is 23.2 Å². The smallest absolute Gasteiger partial charge is 0.278 e. The van der Waals surface area contributed by atoms with E-state index in [9.17, 15) is 9.59 Å². The Morgan fingerprint density at radius 1 is 1.13 bits per heavy atom. The zero-order valence-corrected chi connectivity index (χ0v) is 18.2. The molecule has 4 rings (SSSR count). The summed E-state index contributed by atoms with van der Waals surface area (Å²) < 4.78 is 8.21. The van der Waals surface area contributed by atoms with E-state index in [1.807, 2.05) is 18.3 Å². The normalized spacial score (nSPS) is 11.0. The number of aryl methyl sites for hydroxylation is 1. The minimum atomic E-state index is -0.407. The SMILES string of the molecule is COc1ccc(Cl)cc1NC(=O)Cn1cnc2c(-c3ccc(Cl)cc3)cn(C)c2c1=O. The topological polar surface area (TPSA) is 78.2 Å². The number of nitrogens with zero attached hydrogens (tertiary/aromatic N) is 3. The zero-order valence-electron chi connectivity index (χ0n) is 16.7. The molecule has 0 fully saturated rings. The largest absolute Gasteiger partial charge is 0.495 e. The van der Waals surface area contributed by atoms with Gasteiger partial charge in [-0.05, 0) is 35.9 Å². The number of carbonyl (C=O) groups is 1. The van der Waals surface area contributed by atoms with Crippen LogP contribution in [0.5, 0.6) is 5.75 Å². The van der Waals surface area contributed by atoms with Crippen LogP contribution in [0.2, 0.25) is 10.0 Å². The highest BCUT2D eigenvalue weighted by Gasteiger charge is 2.16. The van der Waals surface area contributed by atoms with Gasteiger partial charge in [0.05, 0.1) is 19.1 Å². The van der Waals surface area contributed by atoms with Gasteiger partial charge in [-0.3, -0.25) is 14.2 Å². The number of rotatable bonds is 5. The van der Waals surface area contributed by atoms with Crippen molar-refractivity contribution in [1.29, 1.82) is 0 Å². The second-order valence-corrected chi connectivity index (χ2v) is 7.80. The van der Waals surface area contributed by atoms with Crippen LogP contribution in [0, 0.1) is 0 Å². The molecule has 1 N–H and O–H groups in total. The number of amides is 1. The van der Waals surface area contributed by atoms with Crippen LogP contribution in [0.25, 0.3) is 22.2 Å². The number of fused-ring (bicyclic) bond motifs is 1. The van der Waals surface area contributed by atoms with Crippen molar-refractivity contribution < 1.29 is 9.53 Å². The summed E-state index contributed by atoms with van der Waals surface area (Å²) in [6.07, 6.45) is 3.21. The van der Waals surface area contributed by atoms with E-state index in [4.69, 9.17) is 27.9 Å². The summed E-state index contributed by atoms with van der Waals surface area (Å²) >= 11 is 12.0. The van der Waals surface area contributed by atoms with Gasteiger partial charge >= 0.3 is 0 Å². The van der Waals surface area contributed by atoms with E-state index in [1.54, 1.807) is 41.9 Å². The molecule has 1 amide bonds. The molecule has 0 saturated carbocycles. The third-order valence-electron chi connectivity index (χ3n) is 4.85. The van der Waals surface area contributed by atoms with Crippen molar-refractivity contribution in [2.75, 3.05) is 12.4 Å². The lowest BCUT2D eigenvalue weighted by molar-refractivity contribution is -0.116. The number of halogens is 2. The fourth-order valence-corrected chi connectivity index (χ4v) is 3.69. The fourth-order valence-electron chi connectivity index (χ4n) is 3.39. The Morgan fingerprint density at radius 3 is 2.55 bits per heavy atom. The number of carbonyl (C=O) groups excluding carboxylic acids is 1. The van der Waals surface area contributed by atoms with Gasteiger partial charge in [-0.25, -0.2) is 4.98 Å². The average molecular weight is 457 g/mol. The maximum absolute atomic E-state index is 13.1. The summed E-state index contributed by atoms with van der Waals surface area (Å²) in [5.41, 5.74) is 2.77. The molecule has 0 radical (unpaired) electrons. The van der Waals surface area contributed by atoms with Crippen LogP contribution in [-0.2, 0) is 18.4 Å². The third-order valence-corrected chi connectivity index (χ3v) is 5.34. The Kier molecular flexibility index (Phi) is 5.71. The number of nitrogens with one attached hydrogen (secondary N) is 1. The van der Waals surface area contributed by atoms with E-state index in [0.29, 0.717) is 32.5 Å². The standard InChI is InChI=1S/C22H18Cl2N4O3/c1-27-10-16(13-3-5-14(23)6-4-13)20-21(27)22(30)28(12-25-20)11-19(29)26-17-9-15(24)7-8-18(17)31-2/h3-10,12H,11H2,1-2H3,(H,26,29). The molecule has 0 aliphatic carbocycles. The lowest BCUT2D eigenvalue weighted by Crippen LogP contribution is -2.28. The molecule has 0 unspecified atom stereocenters. The Morgan fingerprint density at radius 2 is 1.84 bits per heavy atom. The summed E-state index contributed by atoms with van der Waals surface area (Å²) in [6.45, 7) is -0.209. The summed E-state index contributed by atoms with van der Waals surface area (Å²) in [4.78, 5) is 30.1. The highest BCUT2D eigenvalue weighted by molar-refractivity contribution is 6.31. The predicted molar refractivity (Wildman–Crippen MR) is 122 cm³/mol. The first-order valence-electron chi connectivity index (χ1n) is 9.31. The van der Waals surface area contributed by atoms with Crippen molar-refractivity contribution in [1.82, 2.24) is 14.1 Å². The number of hydrogen-bond donors (Lipinski definition) is 1. The molecule has 2 aromatic carbocycles. The number of benzene rings is 2. The van der Waals surface area contributed by atoms with E-state index in [2.05, 4.69) is 10.3 Å². The van der Waals surface area contributed by atoms with Crippen molar-refractivity contribution in [3.05, 3.63) is 75.4 Å². The van der Waals surface area contributed by atoms with E-state index in [1.165, 1.54) is 18.0 Å². The molecule has 0 atom stereocenters. The fraction of sp³-hybridized carbons (Fsp3) is 0.136. The summed E-state index contributed by atoms with van der Waals surface area (Å²) in [5.74, 6) is 0.0599. The van der Waals surface area contributed by atoms with Crippen molar-refractivity contribution in [3.8, 4) is 16.9 Å². The number of anilines is 1. The highest BCUT2D eigenvalue weighted by Crippen LogP contribution is 2.29. The number of aromatic nitrogens is 3. The monoisotopic (exact) mass is 456 g/mol. The zero-order chi connectivity index (χ0) is 22.1. The van der Waals surface area contributed by atoms with Crippen LogP contribution < -0.4 is 15.6 Å². The summed E-state index contributed by atoms with van der Waals surface area (Å²) in [6, 6.07) is 12.2. The molecule has 31 heavy (non-hydrogen) atoms.